The van der Waals surface area contributed by atoms with Gasteiger partial charge in [-0.15, -0.1) is 0 Å². The van der Waals surface area contributed by atoms with Crippen LogP contribution in [0.5, 0.6) is 5.75 Å². The van der Waals surface area contributed by atoms with Gasteiger partial charge in [0.25, 0.3) is 0 Å². The molecule has 0 spiro atoms. The van der Waals surface area contributed by atoms with E-state index < -0.39 is 17.4 Å². The van der Waals surface area contributed by atoms with Gasteiger partial charge in [-0.3, -0.25) is 0 Å². The highest BCUT2D eigenvalue weighted by atomic mass is 19.1. The number of phenols is 1. The minimum Gasteiger partial charge on any atom is -0.503 e. The smallest absolute Gasteiger partial charge is 0.187 e. The summed E-state index contributed by atoms with van der Waals surface area (Å²) >= 11 is 0. The fraction of sp³-hybridized carbons (Fsp3) is 0.500. The molecule has 0 aliphatic heterocycles. The first-order chi connectivity index (χ1) is 7.54. The maximum absolute atomic E-state index is 13.0. The summed E-state index contributed by atoms with van der Waals surface area (Å²) in [6, 6.07) is 2.28. The summed E-state index contributed by atoms with van der Waals surface area (Å²) in [5.74, 6) is -2.21. The second-order valence-electron chi connectivity index (χ2n) is 4.05. The molecule has 0 bridgehead atoms. The zero-order valence-corrected chi connectivity index (χ0v) is 9.56. The molecule has 0 saturated carbocycles. The van der Waals surface area contributed by atoms with E-state index in [-0.39, 0.29) is 0 Å². The van der Waals surface area contributed by atoms with Gasteiger partial charge in [0.1, 0.15) is 0 Å². The molecular formula is C12H17F2NO. The lowest BCUT2D eigenvalue weighted by atomic mass is 10.1. The van der Waals surface area contributed by atoms with Gasteiger partial charge in [0, 0.05) is 6.54 Å². The first-order valence-electron chi connectivity index (χ1n) is 5.42. The molecule has 1 rings (SSSR count). The van der Waals surface area contributed by atoms with Gasteiger partial charge in [-0.1, -0.05) is 20.3 Å². The van der Waals surface area contributed by atoms with Crippen molar-refractivity contribution >= 4 is 0 Å². The van der Waals surface area contributed by atoms with Crippen molar-refractivity contribution < 1.29 is 13.9 Å². The molecule has 2 nitrogen and oxygen atoms in total. The highest BCUT2D eigenvalue weighted by Crippen LogP contribution is 2.21. The van der Waals surface area contributed by atoms with Gasteiger partial charge in [-0.25, -0.2) is 8.78 Å². The van der Waals surface area contributed by atoms with Crippen molar-refractivity contribution in [2.75, 3.05) is 6.54 Å². The van der Waals surface area contributed by atoms with E-state index >= 15 is 0 Å². The molecule has 1 aromatic carbocycles. The van der Waals surface area contributed by atoms with Gasteiger partial charge in [0.2, 0.25) is 0 Å². The van der Waals surface area contributed by atoms with E-state index in [1.54, 1.807) is 0 Å². The first kappa shape index (κ1) is 12.9. The minimum atomic E-state index is -0.916. The van der Waals surface area contributed by atoms with E-state index in [0.717, 1.165) is 25.1 Å². The fourth-order valence-corrected chi connectivity index (χ4v) is 1.33. The van der Waals surface area contributed by atoms with Gasteiger partial charge in [0.15, 0.2) is 17.4 Å². The fourth-order valence-electron chi connectivity index (χ4n) is 1.33. The third-order valence-electron chi connectivity index (χ3n) is 2.60. The molecule has 0 aliphatic carbocycles. The molecule has 0 amide bonds. The van der Waals surface area contributed by atoms with Crippen LogP contribution in [0.25, 0.3) is 0 Å². The van der Waals surface area contributed by atoms with Crippen LogP contribution in [-0.4, -0.2) is 11.7 Å². The quantitative estimate of drug-likeness (QED) is 0.813. The summed E-state index contributed by atoms with van der Waals surface area (Å²) in [5, 5.41) is 12.0. The minimum absolute atomic E-state index is 0.401. The number of rotatable bonds is 5. The van der Waals surface area contributed by atoms with Crippen LogP contribution in [0.1, 0.15) is 25.8 Å². The molecule has 0 aromatic heterocycles. The number of hydrogen-bond acceptors (Lipinski definition) is 2. The number of nitrogens with one attached hydrogen (secondary N) is 1. The van der Waals surface area contributed by atoms with Crippen LogP contribution in [0.4, 0.5) is 8.78 Å². The van der Waals surface area contributed by atoms with Gasteiger partial charge < -0.3 is 10.4 Å². The Bertz CT molecular complexity index is 332. The molecule has 4 heteroatoms. The van der Waals surface area contributed by atoms with Crippen LogP contribution in [0.2, 0.25) is 0 Å². The molecule has 1 atom stereocenters. The van der Waals surface area contributed by atoms with E-state index in [1.165, 1.54) is 0 Å². The Morgan fingerprint density at radius 1 is 1.31 bits per heavy atom. The van der Waals surface area contributed by atoms with Gasteiger partial charge in [-0.2, -0.15) is 0 Å². The number of halogens is 2. The molecule has 0 heterocycles. The summed E-state index contributed by atoms with van der Waals surface area (Å²) in [6.07, 6.45) is 1.06. The monoisotopic (exact) mass is 229 g/mol. The van der Waals surface area contributed by atoms with Crippen LogP contribution in [0, 0.1) is 17.6 Å². The first-order valence-corrected chi connectivity index (χ1v) is 5.42. The standard InChI is InChI=1S/C12H17F2NO/c1-3-8(2)6-15-7-9-4-10(13)12(16)11(14)5-9/h4-5,8,15-16H,3,6-7H2,1-2H3. The Morgan fingerprint density at radius 2 is 1.88 bits per heavy atom. The van der Waals surface area contributed by atoms with Crippen molar-refractivity contribution in [3.05, 3.63) is 29.3 Å². The summed E-state index contributed by atoms with van der Waals surface area (Å²) in [5.41, 5.74) is 0.496. The normalized spacial score (nSPS) is 12.8. The van der Waals surface area contributed by atoms with Crippen molar-refractivity contribution in [3.63, 3.8) is 0 Å². The van der Waals surface area contributed by atoms with E-state index in [2.05, 4.69) is 19.2 Å². The zero-order valence-electron chi connectivity index (χ0n) is 9.56. The van der Waals surface area contributed by atoms with Gasteiger partial charge in [0.05, 0.1) is 0 Å². The molecular weight excluding hydrogens is 212 g/mol. The third-order valence-corrected chi connectivity index (χ3v) is 2.60. The molecule has 1 aromatic rings. The largest absolute Gasteiger partial charge is 0.503 e. The SMILES string of the molecule is CCC(C)CNCc1cc(F)c(O)c(F)c1. The number of hydrogen-bond donors (Lipinski definition) is 2. The molecule has 0 fully saturated rings. The molecule has 2 N–H and O–H groups in total. The maximum atomic E-state index is 13.0. The Balaban J connectivity index is 2.55. The van der Waals surface area contributed by atoms with Crippen LogP contribution in [0.15, 0.2) is 12.1 Å². The summed E-state index contributed by atoms with van der Waals surface area (Å²) < 4.78 is 25.9. The third kappa shape index (κ3) is 3.45. The number of aromatic hydroxyl groups is 1. The van der Waals surface area contributed by atoms with Crippen molar-refractivity contribution in [1.29, 1.82) is 0 Å². The zero-order chi connectivity index (χ0) is 12.1. The number of benzene rings is 1. The Labute approximate surface area is 94.3 Å². The van der Waals surface area contributed by atoms with E-state index in [1.807, 2.05) is 0 Å². The van der Waals surface area contributed by atoms with Crippen LogP contribution in [-0.2, 0) is 6.54 Å². The predicted molar refractivity (Wildman–Crippen MR) is 59.2 cm³/mol. The molecule has 1 unspecified atom stereocenters. The average Bonchev–Trinajstić information content (AvgIpc) is 2.25. The lowest BCUT2D eigenvalue weighted by molar-refractivity contribution is 0.394. The van der Waals surface area contributed by atoms with Gasteiger partial charge >= 0.3 is 0 Å². The highest BCUT2D eigenvalue weighted by Gasteiger charge is 2.09. The van der Waals surface area contributed by atoms with Crippen molar-refractivity contribution in [3.8, 4) is 5.75 Å². The van der Waals surface area contributed by atoms with E-state index in [9.17, 15) is 8.78 Å². The summed E-state index contributed by atoms with van der Waals surface area (Å²) in [7, 11) is 0. The Hall–Kier alpha value is -1.16. The Kier molecular flexibility index (Phi) is 4.68. The molecule has 0 saturated heterocycles. The van der Waals surface area contributed by atoms with Crippen molar-refractivity contribution in [1.82, 2.24) is 5.32 Å². The lowest BCUT2D eigenvalue weighted by Crippen LogP contribution is -2.20. The second kappa shape index (κ2) is 5.80. The average molecular weight is 229 g/mol. The van der Waals surface area contributed by atoms with E-state index in [0.29, 0.717) is 18.0 Å². The molecule has 16 heavy (non-hydrogen) atoms. The van der Waals surface area contributed by atoms with Crippen molar-refractivity contribution in [2.45, 2.75) is 26.8 Å². The summed E-state index contributed by atoms with van der Waals surface area (Å²) in [4.78, 5) is 0. The molecule has 0 aliphatic rings. The van der Waals surface area contributed by atoms with E-state index in [4.69, 9.17) is 5.11 Å². The predicted octanol–water partition coefficient (Wildman–Crippen LogP) is 2.81. The second-order valence-corrected chi connectivity index (χ2v) is 4.05. The number of phenolic OH excluding ortho intramolecular Hbond substituents is 1. The van der Waals surface area contributed by atoms with Gasteiger partial charge in [-0.05, 0) is 30.2 Å². The highest BCUT2D eigenvalue weighted by molar-refractivity contribution is 5.29. The van der Waals surface area contributed by atoms with Crippen molar-refractivity contribution in [2.24, 2.45) is 5.92 Å². The molecule has 0 radical (unpaired) electrons. The topological polar surface area (TPSA) is 32.3 Å². The summed E-state index contributed by atoms with van der Waals surface area (Å²) in [6.45, 7) is 5.40. The Morgan fingerprint density at radius 3 is 2.38 bits per heavy atom. The van der Waals surface area contributed by atoms with Crippen LogP contribution >= 0.6 is 0 Å². The maximum Gasteiger partial charge on any atom is 0.187 e. The molecule has 90 valence electrons. The van der Waals surface area contributed by atoms with Crippen LogP contribution in [0.3, 0.4) is 0 Å². The lowest BCUT2D eigenvalue weighted by Gasteiger charge is -2.10. The van der Waals surface area contributed by atoms with Crippen LogP contribution < -0.4 is 5.32 Å².